The van der Waals surface area contributed by atoms with E-state index in [1.807, 2.05) is 0 Å². The minimum absolute atomic E-state index is 0.0121. The molecule has 230 valence electrons. The molecule has 4 aliphatic carbocycles. The molecular formula is C31H46O10. The zero-order valence-corrected chi connectivity index (χ0v) is 24.4. The molecule has 41 heavy (non-hydrogen) atoms. The van der Waals surface area contributed by atoms with E-state index in [0.29, 0.717) is 25.6 Å². The number of hydrogen-bond donors (Lipinski definition) is 4. The Morgan fingerprint density at radius 1 is 1.15 bits per heavy atom. The lowest BCUT2D eigenvalue weighted by molar-refractivity contribution is -0.236. The van der Waals surface area contributed by atoms with E-state index in [4.69, 9.17) is 14.2 Å². The van der Waals surface area contributed by atoms with Crippen molar-refractivity contribution in [3.8, 4) is 0 Å². The van der Waals surface area contributed by atoms with Crippen molar-refractivity contribution in [1.82, 2.24) is 0 Å². The standard InChI is InChI=1S/C31H46O10/c1-16(2)8-18-4-5-20-19-6-7-22-21-11-39-15-31(22,23(19)9-24(35)27(20)26(18)29(36)37)10-25(41-17(3)34)28(21)40-14-30(38,12-32)13-33/h9,16,18-22,25-28,32-33,38H,4-8,10-15H2,1-3H3,(H,36,37)/t18?,19?,20?,21?,22?,25-,26?,27?,28-,31+/m1/s1. The number of ketones is 1. The number of esters is 1. The monoisotopic (exact) mass is 578 g/mol. The Morgan fingerprint density at radius 3 is 2.51 bits per heavy atom. The van der Waals surface area contributed by atoms with E-state index in [1.165, 1.54) is 6.92 Å². The second kappa shape index (κ2) is 11.7. The van der Waals surface area contributed by atoms with E-state index >= 15 is 0 Å². The number of hydrogen-bond acceptors (Lipinski definition) is 9. The van der Waals surface area contributed by atoms with Crippen LogP contribution < -0.4 is 0 Å². The van der Waals surface area contributed by atoms with Crippen LogP contribution in [0.1, 0.15) is 59.3 Å². The number of rotatable bonds is 9. The van der Waals surface area contributed by atoms with Crippen LogP contribution in [0.2, 0.25) is 0 Å². The molecule has 0 aromatic rings. The van der Waals surface area contributed by atoms with Gasteiger partial charge >= 0.3 is 11.9 Å². The summed E-state index contributed by atoms with van der Waals surface area (Å²) in [5.74, 6) is -2.36. The van der Waals surface area contributed by atoms with Crippen LogP contribution in [0.3, 0.4) is 0 Å². The Kier molecular flexibility index (Phi) is 8.72. The van der Waals surface area contributed by atoms with Gasteiger partial charge in [0.25, 0.3) is 0 Å². The van der Waals surface area contributed by atoms with Crippen LogP contribution in [0.15, 0.2) is 11.6 Å². The number of carbonyl (C=O) groups is 3. The Morgan fingerprint density at radius 2 is 1.88 bits per heavy atom. The number of aliphatic hydroxyl groups is 3. The first kappa shape index (κ1) is 30.6. The van der Waals surface area contributed by atoms with Crippen LogP contribution >= 0.6 is 0 Å². The predicted octanol–water partition coefficient (Wildman–Crippen LogP) is 1.98. The normalized spacial score (nSPS) is 40.2. The third kappa shape index (κ3) is 5.39. The molecule has 1 heterocycles. The van der Waals surface area contributed by atoms with Crippen LogP contribution in [-0.2, 0) is 28.6 Å². The molecule has 10 nitrogen and oxygen atoms in total. The lowest BCUT2D eigenvalue weighted by atomic mass is 9.45. The fraction of sp³-hybridized carbons (Fsp3) is 0.839. The van der Waals surface area contributed by atoms with Gasteiger partial charge in [-0.05, 0) is 74.2 Å². The number of carboxylic acids is 1. The smallest absolute Gasteiger partial charge is 0.307 e. The van der Waals surface area contributed by atoms with Gasteiger partial charge in [0, 0.05) is 24.2 Å². The first-order chi connectivity index (χ1) is 19.4. The van der Waals surface area contributed by atoms with Gasteiger partial charge in [-0.15, -0.1) is 0 Å². The van der Waals surface area contributed by atoms with Gasteiger partial charge < -0.3 is 34.6 Å². The molecule has 0 amide bonds. The number of carbonyl (C=O) groups excluding carboxylic acids is 2. The van der Waals surface area contributed by atoms with Crippen molar-refractivity contribution in [2.75, 3.05) is 33.0 Å². The molecule has 10 heteroatoms. The third-order valence-corrected chi connectivity index (χ3v) is 10.9. The minimum atomic E-state index is -1.83. The molecule has 5 aliphatic rings. The van der Waals surface area contributed by atoms with E-state index < -0.39 is 60.2 Å². The summed E-state index contributed by atoms with van der Waals surface area (Å²) in [6.07, 6.45) is 4.94. The zero-order chi connectivity index (χ0) is 29.7. The molecule has 10 atom stereocenters. The first-order valence-electron chi connectivity index (χ1n) is 15.2. The summed E-state index contributed by atoms with van der Waals surface area (Å²) in [6.45, 7) is 4.58. The number of carboxylic acid groups (broad SMARTS) is 1. The second-order valence-corrected chi connectivity index (χ2v) is 13.8. The quantitative estimate of drug-likeness (QED) is 0.298. The molecule has 1 saturated heterocycles. The average molecular weight is 579 g/mol. The lowest BCUT2D eigenvalue weighted by Crippen LogP contribution is -2.64. The molecule has 1 aliphatic heterocycles. The molecular weight excluding hydrogens is 532 g/mol. The number of aliphatic carboxylic acids is 1. The summed E-state index contributed by atoms with van der Waals surface area (Å²) < 4.78 is 18.1. The van der Waals surface area contributed by atoms with Crippen molar-refractivity contribution < 1.29 is 49.0 Å². The average Bonchev–Trinajstić information content (AvgIpc) is 2.91. The van der Waals surface area contributed by atoms with Crippen LogP contribution in [0.25, 0.3) is 0 Å². The van der Waals surface area contributed by atoms with Gasteiger partial charge in [0.2, 0.25) is 0 Å². The summed E-state index contributed by atoms with van der Waals surface area (Å²) in [4.78, 5) is 38.7. The largest absolute Gasteiger partial charge is 0.481 e. The fourth-order valence-electron chi connectivity index (χ4n) is 9.36. The zero-order valence-electron chi connectivity index (χ0n) is 24.4. The van der Waals surface area contributed by atoms with Crippen molar-refractivity contribution in [1.29, 1.82) is 0 Å². The van der Waals surface area contributed by atoms with E-state index in [2.05, 4.69) is 13.8 Å². The van der Waals surface area contributed by atoms with Gasteiger partial charge in [-0.1, -0.05) is 19.4 Å². The van der Waals surface area contributed by atoms with E-state index in [0.717, 1.165) is 37.7 Å². The van der Waals surface area contributed by atoms with Crippen LogP contribution in [0.5, 0.6) is 0 Å². The van der Waals surface area contributed by atoms with Crippen molar-refractivity contribution in [2.24, 2.45) is 52.8 Å². The topological polar surface area (TPSA) is 160 Å². The summed E-state index contributed by atoms with van der Waals surface area (Å²) >= 11 is 0. The maximum absolute atomic E-state index is 13.9. The van der Waals surface area contributed by atoms with Crippen LogP contribution in [-0.4, -0.2) is 89.0 Å². The number of fused-ring (bicyclic) bond motifs is 3. The van der Waals surface area contributed by atoms with Gasteiger partial charge in [0.1, 0.15) is 11.7 Å². The number of allylic oxidation sites excluding steroid dienone is 1. The Balaban J connectivity index is 1.49. The van der Waals surface area contributed by atoms with Gasteiger partial charge in [-0.2, -0.15) is 0 Å². The summed E-state index contributed by atoms with van der Waals surface area (Å²) in [5, 5.41) is 39.9. The highest BCUT2D eigenvalue weighted by Crippen LogP contribution is 2.64. The summed E-state index contributed by atoms with van der Waals surface area (Å²) in [5.41, 5.74) is -1.34. The fourth-order valence-corrected chi connectivity index (χ4v) is 9.36. The molecule has 3 saturated carbocycles. The van der Waals surface area contributed by atoms with Crippen molar-refractivity contribution >= 4 is 17.7 Å². The molecule has 0 radical (unpaired) electrons. The maximum Gasteiger partial charge on any atom is 0.307 e. The minimum Gasteiger partial charge on any atom is -0.481 e. The molecule has 0 aromatic heterocycles. The number of ether oxygens (including phenoxy) is 3. The number of aliphatic hydroxyl groups excluding tert-OH is 2. The van der Waals surface area contributed by atoms with Crippen molar-refractivity contribution in [2.45, 2.75) is 77.1 Å². The van der Waals surface area contributed by atoms with E-state index in [1.54, 1.807) is 6.08 Å². The van der Waals surface area contributed by atoms with Crippen LogP contribution in [0.4, 0.5) is 0 Å². The molecule has 0 spiro atoms. The van der Waals surface area contributed by atoms with Crippen LogP contribution in [0, 0.1) is 52.8 Å². The van der Waals surface area contributed by atoms with E-state index in [9.17, 15) is 34.8 Å². The highest BCUT2D eigenvalue weighted by atomic mass is 16.6. The second-order valence-electron chi connectivity index (χ2n) is 13.8. The van der Waals surface area contributed by atoms with Gasteiger partial charge in [-0.3, -0.25) is 14.4 Å². The van der Waals surface area contributed by atoms with Crippen molar-refractivity contribution in [3.05, 3.63) is 11.6 Å². The molecule has 5 rings (SSSR count). The molecule has 7 unspecified atom stereocenters. The Bertz CT molecular complexity index is 1050. The van der Waals surface area contributed by atoms with Gasteiger partial charge in [0.05, 0.1) is 45.1 Å². The summed E-state index contributed by atoms with van der Waals surface area (Å²) in [7, 11) is 0. The Hall–Kier alpha value is -1.85. The molecule has 4 N–H and O–H groups in total. The Labute approximate surface area is 241 Å². The lowest BCUT2D eigenvalue weighted by Gasteiger charge is -2.63. The molecule has 2 bridgehead atoms. The first-order valence-corrected chi connectivity index (χ1v) is 15.2. The predicted molar refractivity (Wildman–Crippen MR) is 145 cm³/mol. The highest BCUT2D eigenvalue weighted by molar-refractivity contribution is 5.97. The SMILES string of the molecule is CC(=O)O[C@@H]1C[C@]23COCC(C2CCC2C3=CC(=O)C3C2CCC(CC(C)C)C3C(=O)O)[C@H]1OCC(O)(CO)CO. The molecule has 0 aromatic carbocycles. The summed E-state index contributed by atoms with van der Waals surface area (Å²) in [6, 6.07) is 0. The third-order valence-electron chi connectivity index (χ3n) is 10.9. The highest BCUT2D eigenvalue weighted by Gasteiger charge is 2.64. The van der Waals surface area contributed by atoms with Gasteiger partial charge in [0.15, 0.2) is 5.78 Å². The maximum atomic E-state index is 13.9. The van der Waals surface area contributed by atoms with E-state index in [-0.39, 0.29) is 42.0 Å². The molecule has 4 fully saturated rings. The van der Waals surface area contributed by atoms with Crippen molar-refractivity contribution in [3.63, 3.8) is 0 Å². The van der Waals surface area contributed by atoms with Gasteiger partial charge in [-0.25, -0.2) is 0 Å².